The van der Waals surface area contributed by atoms with Gasteiger partial charge in [0, 0.05) is 19.4 Å². The minimum absolute atomic E-state index is 0.154. The molecule has 0 aromatic heterocycles. The highest BCUT2D eigenvalue weighted by molar-refractivity contribution is 5.93. The molecule has 0 bridgehead atoms. The third kappa shape index (κ3) is 4.27. The second-order valence-electron chi connectivity index (χ2n) is 5.69. The van der Waals surface area contributed by atoms with Gasteiger partial charge in [-0.05, 0) is 25.0 Å². The van der Waals surface area contributed by atoms with Crippen molar-refractivity contribution in [3.63, 3.8) is 0 Å². The number of carbonyl (C=O) groups excluding carboxylic acids is 3. The van der Waals surface area contributed by atoms with Crippen molar-refractivity contribution in [2.45, 2.75) is 25.7 Å². The monoisotopic (exact) mass is 340 g/mol. The first-order chi connectivity index (χ1) is 11.4. The molecule has 8 heteroatoms. The summed E-state index contributed by atoms with van der Waals surface area (Å²) in [6.07, 6.45) is 0.907. The average molecular weight is 340 g/mol. The first-order valence-corrected chi connectivity index (χ1v) is 7.47. The van der Waals surface area contributed by atoms with Crippen LogP contribution in [0, 0.1) is 17.0 Å². The molecular formula is C16H18F2N2O4. The lowest BCUT2D eigenvalue weighted by atomic mass is 10.1. The van der Waals surface area contributed by atoms with Gasteiger partial charge in [-0.2, -0.15) is 0 Å². The number of nitrogens with one attached hydrogen (secondary N) is 2. The highest BCUT2D eigenvalue weighted by Gasteiger charge is 2.51. The van der Waals surface area contributed by atoms with Gasteiger partial charge in [0.25, 0.3) is 0 Å². The summed E-state index contributed by atoms with van der Waals surface area (Å²) in [4.78, 5) is 35.0. The highest BCUT2D eigenvalue weighted by atomic mass is 19.1. The van der Waals surface area contributed by atoms with E-state index < -0.39 is 34.6 Å². The van der Waals surface area contributed by atoms with Crippen LogP contribution >= 0.6 is 0 Å². The van der Waals surface area contributed by atoms with Gasteiger partial charge in [-0.15, -0.1) is 0 Å². The normalized spacial score (nSPS) is 14.6. The lowest BCUT2D eigenvalue weighted by Gasteiger charge is -2.13. The number of esters is 1. The van der Waals surface area contributed by atoms with Gasteiger partial charge in [0.05, 0.1) is 12.5 Å². The second-order valence-corrected chi connectivity index (χ2v) is 5.69. The number of halogens is 2. The molecular weight excluding hydrogens is 322 g/mol. The van der Waals surface area contributed by atoms with Crippen LogP contribution in [0.25, 0.3) is 0 Å². The molecule has 130 valence electrons. The third-order valence-corrected chi connectivity index (χ3v) is 3.90. The lowest BCUT2D eigenvalue weighted by molar-refractivity contribution is -0.147. The Morgan fingerprint density at radius 1 is 1.12 bits per heavy atom. The predicted molar refractivity (Wildman–Crippen MR) is 80.9 cm³/mol. The quantitative estimate of drug-likeness (QED) is 0.741. The molecule has 0 heterocycles. The van der Waals surface area contributed by atoms with Crippen LogP contribution in [0.1, 0.15) is 25.7 Å². The first-order valence-electron chi connectivity index (χ1n) is 7.47. The van der Waals surface area contributed by atoms with Crippen molar-refractivity contribution in [2.24, 2.45) is 5.41 Å². The number of hydrogen-bond acceptors (Lipinski definition) is 4. The number of anilines is 1. The van der Waals surface area contributed by atoms with E-state index in [2.05, 4.69) is 15.4 Å². The van der Waals surface area contributed by atoms with Crippen molar-refractivity contribution >= 4 is 23.5 Å². The maximum atomic E-state index is 13.4. The molecule has 24 heavy (non-hydrogen) atoms. The van der Waals surface area contributed by atoms with E-state index in [1.165, 1.54) is 13.2 Å². The molecule has 2 N–H and O–H groups in total. The van der Waals surface area contributed by atoms with Crippen LogP contribution in [-0.2, 0) is 19.1 Å². The van der Waals surface area contributed by atoms with Crippen molar-refractivity contribution in [3.05, 3.63) is 29.8 Å². The van der Waals surface area contributed by atoms with E-state index in [1.807, 2.05) is 0 Å². The third-order valence-electron chi connectivity index (χ3n) is 3.90. The van der Waals surface area contributed by atoms with Gasteiger partial charge < -0.3 is 15.4 Å². The maximum absolute atomic E-state index is 13.4. The van der Waals surface area contributed by atoms with Crippen molar-refractivity contribution in [1.29, 1.82) is 0 Å². The Morgan fingerprint density at radius 2 is 1.71 bits per heavy atom. The van der Waals surface area contributed by atoms with Gasteiger partial charge in [0.15, 0.2) is 0 Å². The molecule has 0 spiro atoms. The Morgan fingerprint density at radius 3 is 2.25 bits per heavy atom. The molecule has 1 aromatic carbocycles. The summed E-state index contributed by atoms with van der Waals surface area (Å²) < 4.78 is 31.5. The summed E-state index contributed by atoms with van der Waals surface area (Å²) >= 11 is 0. The standard InChI is InChI=1S/C16H18F2N2O4/c1-24-15(23)16(7-8-16)9-19-12(21)5-6-13(22)20-14-10(17)3-2-4-11(14)18/h2-4H,5-9H2,1H3,(H,19,21)(H,20,22). The van der Waals surface area contributed by atoms with E-state index >= 15 is 0 Å². The number of rotatable bonds is 7. The predicted octanol–water partition coefficient (Wildman–Crippen LogP) is 1.75. The Kier molecular flexibility index (Phi) is 5.48. The maximum Gasteiger partial charge on any atom is 0.313 e. The molecule has 2 amide bonds. The van der Waals surface area contributed by atoms with Crippen LogP contribution in [0.3, 0.4) is 0 Å². The van der Waals surface area contributed by atoms with Crippen LogP contribution in [0.5, 0.6) is 0 Å². The summed E-state index contributed by atoms with van der Waals surface area (Å²) in [5.41, 5.74) is -1.19. The summed E-state index contributed by atoms with van der Waals surface area (Å²) in [5.74, 6) is -3.24. The molecule has 0 radical (unpaired) electrons. The Hall–Kier alpha value is -2.51. The number of para-hydroxylation sites is 1. The van der Waals surface area contributed by atoms with Gasteiger partial charge in [-0.1, -0.05) is 6.07 Å². The SMILES string of the molecule is COC(=O)C1(CNC(=O)CCC(=O)Nc2c(F)cccc2F)CC1. The number of amides is 2. The van der Waals surface area contributed by atoms with Crippen LogP contribution in [-0.4, -0.2) is 31.4 Å². The number of ether oxygens (including phenoxy) is 1. The van der Waals surface area contributed by atoms with Crippen molar-refractivity contribution in [3.8, 4) is 0 Å². The summed E-state index contributed by atoms with van der Waals surface area (Å²) in [5, 5.41) is 4.68. The second kappa shape index (κ2) is 7.37. The molecule has 0 unspecified atom stereocenters. The topological polar surface area (TPSA) is 84.5 Å². The van der Waals surface area contributed by atoms with Crippen LogP contribution < -0.4 is 10.6 Å². The zero-order valence-electron chi connectivity index (χ0n) is 13.2. The largest absolute Gasteiger partial charge is 0.469 e. The Labute approximate surface area is 137 Å². The van der Waals surface area contributed by atoms with E-state index in [0.29, 0.717) is 12.8 Å². The minimum Gasteiger partial charge on any atom is -0.469 e. The van der Waals surface area contributed by atoms with E-state index in [9.17, 15) is 23.2 Å². The fraction of sp³-hybridized carbons (Fsp3) is 0.438. The van der Waals surface area contributed by atoms with Gasteiger partial charge in [-0.3, -0.25) is 14.4 Å². The summed E-state index contributed by atoms with van der Waals surface area (Å²) in [6.45, 7) is 0.155. The summed E-state index contributed by atoms with van der Waals surface area (Å²) in [6, 6.07) is 3.23. The number of hydrogen-bond donors (Lipinski definition) is 2. The van der Waals surface area contributed by atoms with Gasteiger partial charge in [-0.25, -0.2) is 8.78 Å². The highest BCUT2D eigenvalue weighted by Crippen LogP contribution is 2.46. The zero-order valence-corrected chi connectivity index (χ0v) is 13.2. The minimum atomic E-state index is -0.887. The first kappa shape index (κ1) is 17.8. The lowest BCUT2D eigenvalue weighted by Crippen LogP contribution is -2.35. The number of methoxy groups -OCH3 is 1. The molecule has 1 saturated carbocycles. The molecule has 0 atom stereocenters. The Bertz CT molecular complexity index is 639. The zero-order chi connectivity index (χ0) is 17.7. The van der Waals surface area contributed by atoms with Crippen molar-refractivity contribution in [1.82, 2.24) is 5.32 Å². The Balaban J connectivity index is 1.76. The van der Waals surface area contributed by atoms with Crippen molar-refractivity contribution < 1.29 is 27.9 Å². The molecule has 1 fully saturated rings. The molecule has 1 aliphatic rings. The molecule has 1 aromatic rings. The average Bonchev–Trinajstić information content (AvgIpc) is 3.35. The van der Waals surface area contributed by atoms with E-state index in [0.717, 1.165) is 12.1 Å². The van der Waals surface area contributed by atoms with Gasteiger partial charge >= 0.3 is 5.97 Å². The molecule has 0 saturated heterocycles. The molecule has 0 aliphatic heterocycles. The fourth-order valence-corrected chi connectivity index (χ4v) is 2.22. The summed E-state index contributed by atoms with van der Waals surface area (Å²) in [7, 11) is 1.29. The van der Waals surface area contributed by atoms with E-state index in [4.69, 9.17) is 0 Å². The van der Waals surface area contributed by atoms with E-state index in [1.54, 1.807) is 0 Å². The van der Waals surface area contributed by atoms with E-state index in [-0.39, 0.29) is 25.4 Å². The van der Waals surface area contributed by atoms with Crippen LogP contribution in [0.2, 0.25) is 0 Å². The molecule has 1 aliphatic carbocycles. The smallest absolute Gasteiger partial charge is 0.313 e. The molecule has 2 rings (SSSR count). The van der Waals surface area contributed by atoms with Gasteiger partial charge in [0.2, 0.25) is 11.8 Å². The number of carbonyl (C=O) groups is 3. The van der Waals surface area contributed by atoms with Crippen LogP contribution in [0.4, 0.5) is 14.5 Å². The van der Waals surface area contributed by atoms with Crippen LogP contribution in [0.15, 0.2) is 18.2 Å². The fourth-order valence-electron chi connectivity index (χ4n) is 2.22. The van der Waals surface area contributed by atoms with Crippen molar-refractivity contribution in [2.75, 3.05) is 19.0 Å². The van der Waals surface area contributed by atoms with Gasteiger partial charge in [0.1, 0.15) is 17.3 Å². The molecule has 6 nitrogen and oxygen atoms in total. The number of benzene rings is 1.